The Balaban J connectivity index is 1.63. The van der Waals surface area contributed by atoms with Crippen molar-refractivity contribution in [3.63, 3.8) is 0 Å². The molecule has 1 saturated heterocycles. The van der Waals surface area contributed by atoms with Gasteiger partial charge in [-0.2, -0.15) is 0 Å². The third-order valence-electron chi connectivity index (χ3n) is 5.07. The van der Waals surface area contributed by atoms with Crippen molar-refractivity contribution in [2.75, 3.05) is 18.8 Å². The molecule has 3 aromatic rings. The summed E-state index contributed by atoms with van der Waals surface area (Å²) in [5.41, 5.74) is 1.20. The predicted octanol–water partition coefficient (Wildman–Crippen LogP) is 4.53. The fourth-order valence-electron chi connectivity index (χ4n) is 3.57. The van der Waals surface area contributed by atoms with E-state index in [1.54, 1.807) is 22.8 Å². The van der Waals surface area contributed by atoms with Gasteiger partial charge in [-0.05, 0) is 49.6 Å². The van der Waals surface area contributed by atoms with Gasteiger partial charge in [0.15, 0.2) is 5.16 Å². The van der Waals surface area contributed by atoms with Crippen molar-refractivity contribution in [1.82, 2.24) is 14.5 Å². The van der Waals surface area contributed by atoms with E-state index in [1.165, 1.54) is 18.2 Å². The molecule has 0 saturated carbocycles. The Kier molecular flexibility index (Phi) is 6.21. The zero-order chi connectivity index (χ0) is 20.2. The summed E-state index contributed by atoms with van der Waals surface area (Å²) in [7, 11) is 0. The Morgan fingerprint density at radius 2 is 1.83 bits per heavy atom. The van der Waals surface area contributed by atoms with E-state index in [9.17, 15) is 9.59 Å². The number of carbonyl (C=O) groups is 1. The lowest BCUT2D eigenvalue weighted by atomic mass is 10.1. The summed E-state index contributed by atoms with van der Waals surface area (Å²) in [5, 5.41) is 1.57. The second-order valence-corrected chi connectivity index (χ2v) is 8.57. The number of piperidine rings is 1. The van der Waals surface area contributed by atoms with Crippen molar-refractivity contribution in [1.29, 1.82) is 0 Å². The molecule has 5 nitrogen and oxygen atoms in total. The Hall–Kier alpha value is -2.31. The molecule has 0 atom stereocenters. The molecule has 7 heteroatoms. The maximum absolute atomic E-state index is 13.2. The van der Waals surface area contributed by atoms with Crippen molar-refractivity contribution in [2.45, 2.75) is 30.8 Å². The monoisotopic (exact) mass is 427 g/mol. The molecule has 29 heavy (non-hydrogen) atoms. The van der Waals surface area contributed by atoms with Gasteiger partial charge in [-0.25, -0.2) is 4.98 Å². The molecule has 2 heterocycles. The topological polar surface area (TPSA) is 55.2 Å². The first-order valence-electron chi connectivity index (χ1n) is 9.82. The number of hydrogen-bond donors (Lipinski definition) is 0. The molecule has 1 aromatic heterocycles. The minimum atomic E-state index is -0.159. The van der Waals surface area contributed by atoms with Crippen LogP contribution in [0.3, 0.4) is 0 Å². The van der Waals surface area contributed by atoms with Crippen molar-refractivity contribution in [2.24, 2.45) is 0 Å². The molecule has 1 fully saturated rings. The van der Waals surface area contributed by atoms with Gasteiger partial charge in [0, 0.05) is 30.3 Å². The van der Waals surface area contributed by atoms with Crippen LogP contribution in [-0.2, 0) is 4.79 Å². The van der Waals surface area contributed by atoms with Crippen LogP contribution < -0.4 is 5.56 Å². The highest BCUT2D eigenvalue weighted by Gasteiger charge is 2.18. The van der Waals surface area contributed by atoms with Gasteiger partial charge < -0.3 is 4.90 Å². The summed E-state index contributed by atoms with van der Waals surface area (Å²) in [6, 6.07) is 14.6. The summed E-state index contributed by atoms with van der Waals surface area (Å²) < 4.78 is 1.61. The van der Waals surface area contributed by atoms with Crippen LogP contribution >= 0.6 is 23.4 Å². The van der Waals surface area contributed by atoms with Crippen molar-refractivity contribution in [3.05, 3.63) is 63.9 Å². The third-order valence-corrected chi connectivity index (χ3v) is 6.25. The average Bonchev–Trinajstić information content (AvgIpc) is 2.75. The van der Waals surface area contributed by atoms with E-state index >= 15 is 0 Å². The first-order valence-corrected chi connectivity index (χ1v) is 11.2. The first-order chi connectivity index (χ1) is 14.1. The molecule has 0 radical (unpaired) electrons. The maximum atomic E-state index is 13.2. The van der Waals surface area contributed by atoms with Crippen LogP contribution in [0.2, 0.25) is 5.02 Å². The second kappa shape index (κ2) is 9.01. The van der Waals surface area contributed by atoms with Crippen molar-refractivity contribution in [3.8, 4) is 5.69 Å². The Labute approximate surface area is 178 Å². The van der Waals surface area contributed by atoms with E-state index in [-0.39, 0.29) is 11.5 Å². The van der Waals surface area contributed by atoms with Crippen molar-refractivity contribution < 1.29 is 4.79 Å². The quantitative estimate of drug-likeness (QED) is 0.443. The SMILES string of the molecule is O=C(CCSc1nc2ccc(Cl)cc2c(=O)n1-c1ccccc1)N1CCCCC1. The van der Waals surface area contributed by atoms with E-state index in [4.69, 9.17) is 16.6 Å². The number of para-hydroxylation sites is 1. The summed E-state index contributed by atoms with van der Waals surface area (Å²) in [6.45, 7) is 1.71. The van der Waals surface area contributed by atoms with Crippen LogP contribution in [-0.4, -0.2) is 39.2 Å². The zero-order valence-electron chi connectivity index (χ0n) is 16.0. The van der Waals surface area contributed by atoms with Crippen LogP contribution in [0, 0.1) is 0 Å². The standard InChI is InChI=1S/C22H22ClN3O2S/c23-16-9-10-19-18(15-16)21(28)26(17-7-3-1-4-8-17)22(24-19)29-14-11-20(27)25-12-5-2-6-13-25/h1,3-4,7-10,15H,2,5-6,11-14H2. The smallest absolute Gasteiger partial charge is 0.266 e. The summed E-state index contributed by atoms with van der Waals surface area (Å²) in [4.78, 5) is 32.3. The Morgan fingerprint density at radius 3 is 2.59 bits per heavy atom. The number of rotatable bonds is 5. The number of likely N-dealkylation sites (tertiary alicyclic amines) is 1. The van der Waals surface area contributed by atoms with Crippen LogP contribution in [0.5, 0.6) is 0 Å². The molecule has 2 aromatic carbocycles. The minimum absolute atomic E-state index is 0.159. The number of amides is 1. The number of hydrogen-bond acceptors (Lipinski definition) is 4. The number of carbonyl (C=O) groups excluding carboxylic acids is 1. The third kappa shape index (κ3) is 4.49. The molecule has 0 N–H and O–H groups in total. The van der Waals surface area contributed by atoms with Gasteiger partial charge in [0.1, 0.15) is 0 Å². The van der Waals surface area contributed by atoms with Crippen LogP contribution in [0.15, 0.2) is 58.5 Å². The highest BCUT2D eigenvalue weighted by Crippen LogP contribution is 2.24. The van der Waals surface area contributed by atoms with Gasteiger partial charge in [0.05, 0.1) is 16.6 Å². The van der Waals surface area contributed by atoms with Gasteiger partial charge >= 0.3 is 0 Å². The van der Waals surface area contributed by atoms with Gasteiger partial charge in [-0.15, -0.1) is 0 Å². The fraction of sp³-hybridized carbons (Fsp3) is 0.318. The molecule has 0 aliphatic carbocycles. The number of aromatic nitrogens is 2. The van der Waals surface area contributed by atoms with Crippen LogP contribution in [0.25, 0.3) is 16.6 Å². The highest BCUT2D eigenvalue weighted by molar-refractivity contribution is 7.99. The van der Waals surface area contributed by atoms with Gasteiger partial charge in [0.2, 0.25) is 5.91 Å². The lowest BCUT2D eigenvalue weighted by Gasteiger charge is -2.26. The molecule has 0 bridgehead atoms. The largest absolute Gasteiger partial charge is 0.343 e. The molecular formula is C22H22ClN3O2S. The molecule has 0 unspecified atom stereocenters. The average molecular weight is 428 g/mol. The lowest BCUT2D eigenvalue weighted by molar-refractivity contribution is -0.131. The number of halogens is 1. The van der Waals surface area contributed by atoms with E-state index in [1.807, 2.05) is 35.2 Å². The van der Waals surface area contributed by atoms with E-state index < -0.39 is 0 Å². The van der Waals surface area contributed by atoms with Gasteiger partial charge in [0.25, 0.3) is 5.56 Å². The van der Waals surface area contributed by atoms with Crippen molar-refractivity contribution >= 4 is 40.2 Å². The van der Waals surface area contributed by atoms with E-state index in [0.717, 1.165) is 31.6 Å². The lowest BCUT2D eigenvalue weighted by Crippen LogP contribution is -2.35. The molecule has 1 aliphatic heterocycles. The van der Waals surface area contributed by atoms with E-state index in [2.05, 4.69) is 0 Å². The molecular weight excluding hydrogens is 406 g/mol. The number of thioether (sulfide) groups is 1. The van der Waals surface area contributed by atoms with Gasteiger partial charge in [-0.1, -0.05) is 41.6 Å². The summed E-state index contributed by atoms with van der Waals surface area (Å²) >= 11 is 7.54. The summed E-state index contributed by atoms with van der Waals surface area (Å²) in [5.74, 6) is 0.756. The van der Waals surface area contributed by atoms with E-state index in [0.29, 0.717) is 33.3 Å². The minimum Gasteiger partial charge on any atom is -0.343 e. The van der Waals surface area contributed by atoms with Crippen LogP contribution in [0.4, 0.5) is 0 Å². The van der Waals surface area contributed by atoms with Crippen LogP contribution in [0.1, 0.15) is 25.7 Å². The summed E-state index contributed by atoms with van der Waals surface area (Å²) in [6.07, 6.45) is 3.81. The Morgan fingerprint density at radius 1 is 1.07 bits per heavy atom. The zero-order valence-corrected chi connectivity index (χ0v) is 17.6. The second-order valence-electron chi connectivity index (χ2n) is 7.07. The molecule has 1 aliphatic rings. The highest BCUT2D eigenvalue weighted by atomic mass is 35.5. The molecule has 0 spiro atoms. The maximum Gasteiger partial charge on any atom is 0.266 e. The number of benzene rings is 2. The van der Waals surface area contributed by atoms with Gasteiger partial charge in [-0.3, -0.25) is 14.2 Å². The number of fused-ring (bicyclic) bond motifs is 1. The molecule has 150 valence electrons. The Bertz CT molecular complexity index is 1080. The number of nitrogens with zero attached hydrogens (tertiary/aromatic N) is 3. The molecule has 1 amide bonds. The normalized spacial score (nSPS) is 14.3. The molecule has 4 rings (SSSR count). The first kappa shape index (κ1) is 20.0. The predicted molar refractivity (Wildman–Crippen MR) is 118 cm³/mol. The fourth-order valence-corrected chi connectivity index (χ4v) is 4.68.